The van der Waals surface area contributed by atoms with E-state index in [4.69, 9.17) is 0 Å². The molecule has 0 aliphatic heterocycles. The number of aryl methyl sites for hydroxylation is 1. The number of hydrogen-bond acceptors (Lipinski definition) is 1. The molecule has 0 spiro atoms. The average Bonchev–Trinajstić information content (AvgIpc) is 2.35. The number of halogens is 3. The van der Waals surface area contributed by atoms with E-state index in [2.05, 4.69) is 62.3 Å². The van der Waals surface area contributed by atoms with E-state index in [-0.39, 0.29) is 5.82 Å². The summed E-state index contributed by atoms with van der Waals surface area (Å²) in [5, 5.41) is 3.26. The molecule has 0 heterocycles. The molecule has 0 unspecified atom stereocenters. The van der Waals surface area contributed by atoms with Gasteiger partial charge in [0.1, 0.15) is 5.82 Å². The van der Waals surface area contributed by atoms with E-state index in [1.54, 1.807) is 12.1 Å². The second-order valence-electron chi connectivity index (χ2n) is 4.07. The molecule has 0 radical (unpaired) electrons. The van der Waals surface area contributed by atoms with E-state index in [0.717, 1.165) is 10.2 Å². The van der Waals surface area contributed by atoms with Crippen LogP contribution in [-0.2, 0) is 6.54 Å². The van der Waals surface area contributed by atoms with Crippen LogP contribution in [0.15, 0.2) is 45.3 Å². The summed E-state index contributed by atoms with van der Waals surface area (Å²) in [5.74, 6) is -0.251. The zero-order valence-corrected chi connectivity index (χ0v) is 13.0. The van der Waals surface area contributed by atoms with Crippen LogP contribution < -0.4 is 5.32 Å². The summed E-state index contributed by atoms with van der Waals surface area (Å²) in [5.41, 5.74) is 3.27. The standard InChI is InChI=1S/C14H12Br2FN/c1-9-2-3-10(6-12(9)15)8-18-11-4-5-14(17)13(16)7-11/h2-7,18H,8H2,1H3. The fraction of sp³-hybridized carbons (Fsp3) is 0.143. The summed E-state index contributed by atoms with van der Waals surface area (Å²) < 4.78 is 14.6. The highest BCUT2D eigenvalue weighted by atomic mass is 79.9. The van der Waals surface area contributed by atoms with E-state index >= 15 is 0 Å². The Balaban J connectivity index is 2.06. The van der Waals surface area contributed by atoms with Crippen molar-refractivity contribution < 1.29 is 4.39 Å². The van der Waals surface area contributed by atoms with E-state index in [1.165, 1.54) is 17.2 Å². The fourth-order valence-corrected chi connectivity index (χ4v) is 2.36. The predicted octanol–water partition coefficient (Wildman–Crippen LogP) is 5.27. The molecule has 94 valence electrons. The first-order chi connectivity index (χ1) is 8.56. The summed E-state index contributed by atoms with van der Waals surface area (Å²) in [6, 6.07) is 11.1. The van der Waals surface area contributed by atoms with Crippen molar-refractivity contribution in [2.75, 3.05) is 5.32 Å². The quantitative estimate of drug-likeness (QED) is 0.773. The molecule has 0 amide bonds. The van der Waals surface area contributed by atoms with Gasteiger partial charge in [0.2, 0.25) is 0 Å². The molecule has 0 atom stereocenters. The summed E-state index contributed by atoms with van der Waals surface area (Å²) >= 11 is 6.68. The summed E-state index contributed by atoms with van der Waals surface area (Å²) in [4.78, 5) is 0. The van der Waals surface area contributed by atoms with Gasteiger partial charge in [0, 0.05) is 16.7 Å². The third-order valence-electron chi connectivity index (χ3n) is 2.65. The third kappa shape index (κ3) is 3.33. The molecule has 2 aromatic carbocycles. The van der Waals surface area contributed by atoms with E-state index < -0.39 is 0 Å². The first-order valence-electron chi connectivity index (χ1n) is 5.50. The fourth-order valence-electron chi connectivity index (χ4n) is 1.56. The molecule has 0 aliphatic carbocycles. The van der Waals surface area contributed by atoms with Gasteiger partial charge in [0.25, 0.3) is 0 Å². The lowest BCUT2D eigenvalue weighted by Crippen LogP contribution is -1.99. The van der Waals surface area contributed by atoms with Crippen LogP contribution in [-0.4, -0.2) is 0 Å². The highest BCUT2D eigenvalue weighted by molar-refractivity contribution is 9.10. The Kier molecular flexibility index (Phi) is 4.40. The van der Waals surface area contributed by atoms with E-state index in [1.807, 2.05) is 0 Å². The van der Waals surface area contributed by atoms with Gasteiger partial charge >= 0.3 is 0 Å². The molecule has 0 fully saturated rings. The highest BCUT2D eigenvalue weighted by Gasteiger charge is 2.01. The molecule has 0 aliphatic rings. The Labute approximate surface area is 123 Å². The first kappa shape index (κ1) is 13.6. The molecular formula is C14H12Br2FN. The number of nitrogens with one attached hydrogen (secondary N) is 1. The van der Waals surface area contributed by atoms with Gasteiger partial charge in [-0.05, 0) is 58.2 Å². The molecule has 2 rings (SSSR count). The van der Waals surface area contributed by atoms with Gasteiger partial charge in [0.15, 0.2) is 0 Å². The highest BCUT2D eigenvalue weighted by Crippen LogP contribution is 2.21. The zero-order chi connectivity index (χ0) is 13.1. The number of hydrogen-bond donors (Lipinski definition) is 1. The second kappa shape index (κ2) is 5.85. The van der Waals surface area contributed by atoms with Gasteiger partial charge in [-0.1, -0.05) is 28.1 Å². The second-order valence-corrected chi connectivity index (χ2v) is 5.77. The molecule has 0 aromatic heterocycles. The third-order valence-corrected chi connectivity index (χ3v) is 4.11. The van der Waals surface area contributed by atoms with Crippen molar-refractivity contribution in [3.63, 3.8) is 0 Å². The molecule has 1 nitrogen and oxygen atoms in total. The van der Waals surface area contributed by atoms with Crippen molar-refractivity contribution in [2.45, 2.75) is 13.5 Å². The molecule has 2 aromatic rings. The Morgan fingerprint density at radius 3 is 2.50 bits per heavy atom. The van der Waals surface area contributed by atoms with Crippen LogP contribution in [0.3, 0.4) is 0 Å². The normalized spacial score (nSPS) is 10.4. The maximum absolute atomic E-state index is 13.1. The smallest absolute Gasteiger partial charge is 0.137 e. The lowest BCUT2D eigenvalue weighted by molar-refractivity contribution is 0.621. The molecule has 0 bridgehead atoms. The Morgan fingerprint density at radius 2 is 1.83 bits per heavy atom. The summed E-state index contributed by atoms with van der Waals surface area (Å²) in [6.45, 7) is 2.76. The van der Waals surface area contributed by atoms with Crippen molar-refractivity contribution in [3.05, 3.63) is 62.3 Å². The van der Waals surface area contributed by atoms with Crippen molar-refractivity contribution >= 4 is 37.5 Å². The lowest BCUT2D eigenvalue weighted by Gasteiger charge is -2.08. The van der Waals surface area contributed by atoms with Gasteiger partial charge in [-0.15, -0.1) is 0 Å². The SMILES string of the molecule is Cc1ccc(CNc2ccc(F)c(Br)c2)cc1Br. The monoisotopic (exact) mass is 371 g/mol. The van der Waals surface area contributed by atoms with Crippen molar-refractivity contribution in [2.24, 2.45) is 0 Å². The van der Waals surface area contributed by atoms with Crippen molar-refractivity contribution in [3.8, 4) is 0 Å². The van der Waals surface area contributed by atoms with Crippen LogP contribution in [0.2, 0.25) is 0 Å². The van der Waals surface area contributed by atoms with Gasteiger partial charge in [-0.2, -0.15) is 0 Å². The average molecular weight is 373 g/mol. The van der Waals surface area contributed by atoms with Crippen LogP contribution in [0.4, 0.5) is 10.1 Å². The molecule has 0 saturated heterocycles. The molecule has 18 heavy (non-hydrogen) atoms. The number of benzene rings is 2. The largest absolute Gasteiger partial charge is 0.381 e. The molecular weight excluding hydrogens is 361 g/mol. The Morgan fingerprint density at radius 1 is 1.06 bits per heavy atom. The van der Waals surface area contributed by atoms with Crippen molar-refractivity contribution in [1.29, 1.82) is 0 Å². The van der Waals surface area contributed by atoms with Gasteiger partial charge in [-0.3, -0.25) is 0 Å². The van der Waals surface area contributed by atoms with Crippen LogP contribution in [0, 0.1) is 12.7 Å². The summed E-state index contributed by atoms with van der Waals surface area (Å²) in [7, 11) is 0. The summed E-state index contributed by atoms with van der Waals surface area (Å²) in [6.07, 6.45) is 0. The minimum absolute atomic E-state index is 0.251. The topological polar surface area (TPSA) is 12.0 Å². The van der Waals surface area contributed by atoms with Crippen molar-refractivity contribution in [1.82, 2.24) is 0 Å². The van der Waals surface area contributed by atoms with Crippen LogP contribution in [0.25, 0.3) is 0 Å². The van der Waals surface area contributed by atoms with Crippen LogP contribution >= 0.6 is 31.9 Å². The maximum atomic E-state index is 13.1. The molecule has 4 heteroatoms. The van der Waals surface area contributed by atoms with Gasteiger partial charge in [-0.25, -0.2) is 4.39 Å². The minimum atomic E-state index is -0.251. The lowest BCUT2D eigenvalue weighted by atomic mass is 10.1. The minimum Gasteiger partial charge on any atom is -0.381 e. The zero-order valence-electron chi connectivity index (χ0n) is 9.81. The number of rotatable bonds is 3. The molecule has 1 N–H and O–H groups in total. The molecule has 0 saturated carbocycles. The van der Waals surface area contributed by atoms with E-state index in [9.17, 15) is 4.39 Å². The van der Waals surface area contributed by atoms with E-state index in [0.29, 0.717) is 11.0 Å². The number of anilines is 1. The predicted molar refractivity (Wildman–Crippen MR) is 80.3 cm³/mol. The Bertz CT molecular complexity index is 518. The van der Waals surface area contributed by atoms with Crippen LogP contribution in [0.1, 0.15) is 11.1 Å². The first-order valence-corrected chi connectivity index (χ1v) is 7.09. The maximum Gasteiger partial charge on any atom is 0.137 e. The van der Waals surface area contributed by atoms with Crippen LogP contribution in [0.5, 0.6) is 0 Å². The van der Waals surface area contributed by atoms with Gasteiger partial charge in [0.05, 0.1) is 4.47 Å². The Hall–Kier alpha value is -0.870. The van der Waals surface area contributed by atoms with Gasteiger partial charge < -0.3 is 5.32 Å².